The number of carbonyl (C=O) groups excluding carboxylic acids is 1. The number of methoxy groups -OCH3 is 1. The standard InChI is InChI=1S/C14H12FNO4/c1-20-13-6-9(2-3-12(13)15)16-14(19)8-4-10(17)7-11(18)5-8/h2-7,17-18H,1H3,(H,16,19). The van der Waals surface area contributed by atoms with Crippen LogP contribution in [0, 0.1) is 5.82 Å². The summed E-state index contributed by atoms with van der Waals surface area (Å²) in [5, 5.41) is 21.1. The van der Waals surface area contributed by atoms with Crippen molar-refractivity contribution in [3.8, 4) is 17.2 Å². The van der Waals surface area contributed by atoms with E-state index in [0.717, 1.165) is 12.1 Å². The van der Waals surface area contributed by atoms with Gasteiger partial charge >= 0.3 is 0 Å². The Morgan fingerprint density at radius 1 is 1.15 bits per heavy atom. The van der Waals surface area contributed by atoms with Crippen molar-refractivity contribution in [1.82, 2.24) is 0 Å². The van der Waals surface area contributed by atoms with Gasteiger partial charge in [-0.1, -0.05) is 0 Å². The highest BCUT2D eigenvalue weighted by Gasteiger charge is 2.10. The van der Waals surface area contributed by atoms with E-state index >= 15 is 0 Å². The minimum atomic E-state index is -0.551. The molecule has 0 bridgehead atoms. The van der Waals surface area contributed by atoms with Crippen LogP contribution in [0.25, 0.3) is 0 Å². The highest BCUT2D eigenvalue weighted by Crippen LogP contribution is 2.24. The maximum absolute atomic E-state index is 13.2. The first-order valence-electron chi connectivity index (χ1n) is 5.67. The first kappa shape index (κ1) is 13.7. The topological polar surface area (TPSA) is 78.8 Å². The molecule has 104 valence electrons. The summed E-state index contributed by atoms with van der Waals surface area (Å²) in [5.74, 6) is -1.55. The van der Waals surface area contributed by atoms with Crippen molar-refractivity contribution < 1.29 is 24.1 Å². The molecule has 0 saturated carbocycles. The lowest BCUT2D eigenvalue weighted by Gasteiger charge is -2.08. The van der Waals surface area contributed by atoms with Crippen LogP contribution in [0.15, 0.2) is 36.4 Å². The van der Waals surface area contributed by atoms with E-state index in [1.165, 1.54) is 31.4 Å². The number of ether oxygens (including phenoxy) is 1. The van der Waals surface area contributed by atoms with Crippen molar-refractivity contribution in [3.63, 3.8) is 0 Å². The van der Waals surface area contributed by atoms with Crippen molar-refractivity contribution >= 4 is 11.6 Å². The molecule has 2 aromatic carbocycles. The number of hydrogen-bond donors (Lipinski definition) is 3. The lowest BCUT2D eigenvalue weighted by atomic mass is 10.2. The predicted molar refractivity (Wildman–Crippen MR) is 70.7 cm³/mol. The largest absolute Gasteiger partial charge is 0.508 e. The molecule has 2 aromatic rings. The van der Waals surface area contributed by atoms with E-state index in [1.807, 2.05) is 0 Å². The van der Waals surface area contributed by atoms with Crippen LogP contribution in [0.1, 0.15) is 10.4 Å². The number of phenols is 2. The van der Waals surface area contributed by atoms with Gasteiger partial charge in [0.1, 0.15) is 11.5 Å². The molecule has 0 aliphatic carbocycles. The maximum atomic E-state index is 13.2. The number of aromatic hydroxyl groups is 2. The van der Waals surface area contributed by atoms with Crippen molar-refractivity contribution in [2.24, 2.45) is 0 Å². The Bertz CT molecular complexity index is 637. The Morgan fingerprint density at radius 2 is 1.80 bits per heavy atom. The number of rotatable bonds is 3. The molecule has 0 unspecified atom stereocenters. The van der Waals surface area contributed by atoms with Crippen LogP contribution in [-0.4, -0.2) is 23.2 Å². The van der Waals surface area contributed by atoms with Gasteiger partial charge < -0.3 is 20.3 Å². The van der Waals surface area contributed by atoms with Gasteiger partial charge in [0.15, 0.2) is 11.6 Å². The maximum Gasteiger partial charge on any atom is 0.255 e. The first-order chi connectivity index (χ1) is 9.49. The molecule has 0 saturated heterocycles. The number of benzene rings is 2. The second kappa shape index (κ2) is 5.48. The fourth-order valence-electron chi connectivity index (χ4n) is 1.67. The zero-order valence-electron chi connectivity index (χ0n) is 10.6. The van der Waals surface area contributed by atoms with Gasteiger partial charge in [0.05, 0.1) is 7.11 Å². The van der Waals surface area contributed by atoms with Crippen LogP contribution in [0.2, 0.25) is 0 Å². The molecule has 0 aliphatic heterocycles. The van der Waals surface area contributed by atoms with Gasteiger partial charge in [-0.05, 0) is 24.3 Å². The average molecular weight is 277 g/mol. The van der Waals surface area contributed by atoms with Crippen LogP contribution >= 0.6 is 0 Å². The van der Waals surface area contributed by atoms with Crippen LogP contribution in [0.3, 0.4) is 0 Å². The quantitative estimate of drug-likeness (QED) is 0.805. The molecule has 0 atom stereocenters. The van der Waals surface area contributed by atoms with E-state index in [1.54, 1.807) is 0 Å². The summed E-state index contributed by atoms with van der Waals surface area (Å²) >= 11 is 0. The summed E-state index contributed by atoms with van der Waals surface area (Å²) in [5.41, 5.74) is 0.405. The SMILES string of the molecule is COc1cc(NC(=O)c2cc(O)cc(O)c2)ccc1F. The zero-order valence-corrected chi connectivity index (χ0v) is 10.6. The summed E-state index contributed by atoms with van der Waals surface area (Å²) in [7, 11) is 1.32. The molecular formula is C14H12FNO4. The molecule has 6 heteroatoms. The molecule has 3 N–H and O–H groups in total. The fraction of sp³-hybridized carbons (Fsp3) is 0.0714. The van der Waals surface area contributed by atoms with Gasteiger partial charge in [0.2, 0.25) is 0 Å². The average Bonchev–Trinajstić information content (AvgIpc) is 2.39. The van der Waals surface area contributed by atoms with Crippen LogP contribution in [-0.2, 0) is 0 Å². The summed E-state index contributed by atoms with van der Waals surface area (Å²) in [6.45, 7) is 0. The summed E-state index contributed by atoms with van der Waals surface area (Å²) < 4.78 is 18.0. The number of phenolic OH excluding ortho intramolecular Hbond substituents is 2. The fourth-order valence-corrected chi connectivity index (χ4v) is 1.67. The van der Waals surface area contributed by atoms with Crippen LogP contribution < -0.4 is 10.1 Å². The van der Waals surface area contributed by atoms with Gasteiger partial charge in [0, 0.05) is 23.4 Å². The van der Waals surface area contributed by atoms with Crippen molar-refractivity contribution in [3.05, 3.63) is 47.8 Å². The van der Waals surface area contributed by atoms with E-state index in [2.05, 4.69) is 5.32 Å². The second-order valence-corrected chi connectivity index (χ2v) is 4.04. The van der Waals surface area contributed by atoms with Gasteiger partial charge in [-0.15, -0.1) is 0 Å². The highest BCUT2D eigenvalue weighted by atomic mass is 19.1. The van der Waals surface area contributed by atoms with Crippen molar-refractivity contribution in [2.75, 3.05) is 12.4 Å². The molecule has 0 aromatic heterocycles. The minimum Gasteiger partial charge on any atom is -0.508 e. The third-order valence-electron chi connectivity index (χ3n) is 2.57. The molecule has 0 spiro atoms. The highest BCUT2D eigenvalue weighted by molar-refractivity contribution is 6.04. The molecule has 5 nitrogen and oxygen atoms in total. The van der Waals surface area contributed by atoms with Crippen molar-refractivity contribution in [2.45, 2.75) is 0 Å². The van der Waals surface area contributed by atoms with Gasteiger partial charge in [-0.25, -0.2) is 4.39 Å². The van der Waals surface area contributed by atoms with Gasteiger partial charge in [-0.3, -0.25) is 4.79 Å². The van der Waals surface area contributed by atoms with E-state index < -0.39 is 11.7 Å². The summed E-state index contributed by atoms with van der Waals surface area (Å²) in [4.78, 5) is 11.9. The third-order valence-corrected chi connectivity index (χ3v) is 2.57. The molecule has 0 aliphatic rings. The minimum absolute atomic E-state index is 0.00144. The van der Waals surface area contributed by atoms with E-state index in [-0.39, 0.29) is 22.8 Å². The molecule has 1 amide bonds. The Balaban J connectivity index is 2.23. The third kappa shape index (κ3) is 2.97. The molecule has 2 rings (SSSR count). The smallest absolute Gasteiger partial charge is 0.255 e. The number of amides is 1. The summed E-state index contributed by atoms with van der Waals surface area (Å²) in [6, 6.07) is 7.38. The number of anilines is 1. The Kier molecular flexibility index (Phi) is 3.74. The first-order valence-corrected chi connectivity index (χ1v) is 5.67. The van der Waals surface area contributed by atoms with E-state index in [0.29, 0.717) is 5.69 Å². The van der Waals surface area contributed by atoms with Crippen LogP contribution in [0.5, 0.6) is 17.2 Å². The second-order valence-electron chi connectivity index (χ2n) is 4.04. The Morgan fingerprint density at radius 3 is 2.40 bits per heavy atom. The lowest BCUT2D eigenvalue weighted by molar-refractivity contribution is 0.102. The molecule has 0 heterocycles. The number of halogens is 1. The zero-order chi connectivity index (χ0) is 14.7. The Hall–Kier alpha value is -2.76. The van der Waals surface area contributed by atoms with Crippen molar-refractivity contribution in [1.29, 1.82) is 0 Å². The van der Waals surface area contributed by atoms with E-state index in [4.69, 9.17) is 4.74 Å². The van der Waals surface area contributed by atoms with Gasteiger partial charge in [-0.2, -0.15) is 0 Å². The molecule has 0 radical (unpaired) electrons. The molecule has 20 heavy (non-hydrogen) atoms. The number of carbonyl (C=O) groups is 1. The number of hydrogen-bond acceptors (Lipinski definition) is 4. The lowest BCUT2D eigenvalue weighted by Crippen LogP contribution is -2.11. The monoisotopic (exact) mass is 277 g/mol. The van der Waals surface area contributed by atoms with Gasteiger partial charge in [0.25, 0.3) is 5.91 Å². The normalized spacial score (nSPS) is 10.1. The summed E-state index contributed by atoms with van der Waals surface area (Å²) in [6.07, 6.45) is 0. The number of nitrogens with one attached hydrogen (secondary N) is 1. The van der Waals surface area contributed by atoms with Crippen LogP contribution in [0.4, 0.5) is 10.1 Å². The predicted octanol–water partition coefficient (Wildman–Crippen LogP) is 2.50. The Labute approximate surface area is 114 Å². The van der Waals surface area contributed by atoms with E-state index in [9.17, 15) is 19.4 Å². The molecule has 0 fully saturated rings. The molecular weight excluding hydrogens is 265 g/mol.